The minimum Gasteiger partial charge on any atom is -0.481 e. The van der Waals surface area contributed by atoms with Crippen LogP contribution in [0.4, 0.5) is 0 Å². The summed E-state index contributed by atoms with van der Waals surface area (Å²) in [6.07, 6.45) is 5.27. The Morgan fingerprint density at radius 2 is 2.31 bits per heavy atom. The topological polar surface area (TPSA) is 34.1 Å². The van der Waals surface area contributed by atoms with Crippen LogP contribution in [-0.4, -0.2) is 24.7 Å². The molecule has 0 amide bonds. The highest BCUT2D eigenvalue weighted by molar-refractivity contribution is 5.46. The lowest BCUT2D eigenvalue weighted by atomic mass is 10.2. The zero-order valence-corrected chi connectivity index (χ0v) is 10.2. The van der Waals surface area contributed by atoms with Gasteiger partial charge in [-0.1, -0.05) is 19.1 Å². The van der Waals surface area contributed by atoms with Crippen molar-refractivity contribution < 1.29 is 4.74 Å². The van der Waals surface area contributed by atoms with Crippen molar-refractivity contribution >= 4 is 6.08 Å². The number of ether oxygens (including phenoxy) is 1. The maximum absolute atomic E-state index is 5.07. The summed E-state index contributed by atoms with van der Waals surface area (Å²) in [4.78, 5) is 4.31. The van der Waals surface area contributed by atoms with E-state index in [2.05, 4.69) is 30.2 Å². The standard InChI is InChI=1S/C13H20N2O/c1-4-10-14-11(2)8-9-12-6-5-7-13(15-12)16-3/h5-9,11,14H,4,10H2,1-3H3/b9-8+. The Hall–Kier alpha value is -1.35. The van der Waals surface area contributed by atoms with Crippen molar-refractivity contribution in [2.75, 3.05) is 13.7 Å². The van der Waals surface area contributed by atoms with Gasteiger partial charge in [-0.3, -0.25) is 0 Å². The Morgan fingerprint density at radius 1 is 1.50 bits per heavy atom. The lowest BCUT2D eigenvalue weighted by molar-refractivity contribution is 0.397. The molecule has 3 heteroatoms. The van der Waals surface area contributed by atoms with Crippen LogP contribution in [0, 0.1) is 0 Å². The van der Waals surface area contributed by atoms with Gasteiger partial charge in [-0.15, -0.1) is 0 Å². The molecule has 1 heterocycles. The van der Waals surface area contributed by atoms with Crippen LogP contribution in [0.2, 0.25) is 0 Å². The minimum absolute atomic E-state index is 0.368. The van der Waals surface area contributed by atoms with Crippen LogP contribution in [0.5, 0.6) is 5.88 Å². The second kappa shape index (κ2) is 7.01. The van der Waals surface area contributed by atoms with E-state index in [4.69, 9.17) is 4.74 Å². The molecule has 0 radical (unpaired) electrons. The number of aromatic nitrogens is 1. The third kappa shape index (κ3) is 4.45. The zero-order chi connectivity index (χ0) is 11.8. The van der Waals surface area contributed by atoms with E-state index in [9.17, 15) is 0 Å². The molecule has 1 N–H and O–H groups in total. The molecule has 1 aromatic heterocycles. The van der Waals surface area contributed by atoms with Gasteiger partial charge in [0.2, 0.25) is 5.88 Å². The van der Waals surface area contributed by atoms with Crippen molar-refractivity contribution in [2.45, 2.75) is 26.3 Å². The molecule has 0 saturated heterocycles. The SMILES string of the molecule is CCCNC(C)/C=C/c1cccc(OC)n1. The molecule has 0 bridgehead atoms. The second-order valence-corrected chi connectivity index (χ2v) is 3.71. The molecule has 0 aromatic carbocycles. The minimum atomic E-state index is 0.368. The Morgan fingerprint density at radius 3 is 3.00 bits per heavy atom. The van der Waals surface area contributed by atoms with Gasteiger partial charge in [0.25, 0.3) is 0 Å². The van der Waals surface area contributed by atoms with E-state index in [0.29, 0.717) is 11.9 Å². The van der Waals surface area contributed by atoms with Crippen molar-refractivity contribution in [3.63, 3.8) is 0 Å². The number of hydrogen-bond donors (Lipinski definition) is 1. The first-order chi connectivity index (χ1) is 7.76. The summed E-state index contributed by atoms with van der Waals surface area (Å²) >= 11 is 0. The van der Waals surface area contributed by atoms with Crippen molar-refractivity contribution in [2.24, 2.45) is 0 Å². The molecule has 16 heavy (non-hydrogen) atoms. The Labute approximate surface area is 97.5 Å². The van der Waals surface area contributed by atoms with Crippen LogP contribution >= 0.6 is 0 Å². The van der Waals surface area contributed by atoms with Crippen LogP contribution in [-0.2, 0) is 0 Å². The van der Waals surface area contributed by atoms with Crippen LogP contribution in [0.25, 0.3) is 6.08 Å². The molecule has 0 spiro atoms. The normalized spacial score (nSPS) is 12.9. The van der Waals surface area contributed by atoms with Gasteiger partial charge >= 0.3 is 0 Å². The van der Waals surface area contributed by atoms with E-state index >= 15 is 0 Å². The number of hydrogen-bond acceptors (Lipinski definition) is 3. The molecule has 0 aliphatic carbocycles. The molecule has 0 fully saturated rings. The van der Waals surface area contributed by atoms with Crippen LogP contribution in [0.3, 0.4) is 0 Å². The molecular formula is C13H20N2O. The predicted octanol–water partition coefficient (Wildman–Crippen LogP) is 2.49. The average Bonchev–Trinajstić information content (AvgIpc) is 2.34. The number of nitrogens with one attached hydrogen (secondary N) is 1. The fraction of sp³-hybridized carbons (Fsp3) is 0.462. The van der Waals surface area contributed by atoms with Gasteiger partial charge in [-0.05, 0) is 32.0 Å². The van der Waals surface area contributed by atoms with Crippen LogP contribution < -0.4 is 10.1 Å². The molecule has 1 unspecified atom stereocenters. The van der Waals surface area contributed by atoms with Gasteiger partial charge in [-0.2, -0.15) is 0 Å². The molecule has 88 valence electrons. The maximum Gasteiger partial charge on any atom is 0.213 e. The summed E-state index contributed by atoms with van der Waals surface area (Å²) in [6.45, 7) is 5.33. The number of methoxy groups -OCH3 is 1. The number of rotatable bonds is 6. The summed E-state index contributed by atoms with van der Waals surface area (Å²) < 4.78 is 5.07. The fourth-order valence-corrected chi connectivity index (χ4v) is 1.32. The lowest BCUT2D eigenvalue weighted by Crippen LogP contribution is -2.24. The Balaban J connectivity index is 2.54. The van der Waals surface area contributed by atoms with Crippen molar-refractivity contribution in [3.8, 4) is 5.88 Å². The maximum atomic E-state index is 5.07. The zero-order valence-electron chi connectivity index (χ0n) is 10.2. The quantitative estimate of drug-likeness (QED) is 0.799. The third-order valence-corrected chi connectivity index (χ3v) is 2.23. The highest BCUT2D eigenvalue weighted by Crippen LogP contribution is 2.08. The Bertz CT molecular complexity index is 336. The van der Waals surface area contributed by atoms with Gasteiger partial charge in [0.15, 0.2) is 0 Å². The molecule has 1 atom stereocenters. The fourth-order valence-electron chi connectivity index (χ4n) is 1.32. The monoisotopic (exact) mass is 220 g/mol. The van der Waals surface area contributed by atoms with Crippen molar-refractivity contribution in [1.82, 2.24) is 10.3 Å². The van der Waals surface area contributed by atoms with E-state index in [1.807, 2.05) is 24.3 Å². The van der Waals surface area contributed by atoms with E-state index in [1.165, 1.54) is 0 Å². The summed E-state index contributed by atoms with van der Waals surface area (Å²) in [7, 11) is 1.63. The van der Waals surface area contributed by atoms with E-state index in [1.54, 1.807) is 7.11 Å². The smallest absolute Gasteiger partial charge is 0.213 e. The first-order valence-corrected chi connectivity index (χ1v) is 5.69. The van der Waals surface area contributed by atoms with Gasteiger partial charge in [0.1, 0.15) is 0 Å². The van der Waals surface area contributed by atoms with E-state index < -0.39 is 0 Å². The Kier molecular flexibility index (Phi) is 5.57. The first kappa shape index (κ1) is 12.7. The average molecular weight is 220 g/mol. The van der Waals surface area contributed by atoms with Crippen molar-refractivity contribution in [1.29, 1.82) is 0 Å². The highest BCUT2D eigenvalue weighted by atomic mass is 16.5. The molecule has 3 nitrogen and oxygen atoms in total. The summed E-state index contributed by atoms with van der Waals surface area (Å²) in [5.74, 6) is 0.649. The first-order valence-electron chi connectivity index (χ1n) is 5.69. The molecule has 1 rings (SSSR count). The van der Waals surface area contributed by atoms with Gasteiger partial charge in [0.05, 0.1) is 12.8 Å². The summed E-state index contributed by atoms with van der Waals surface area (Å²) in [5.41, 5.74) is 0.921. The lowest BCUT2D eigenvalue weighted by Gasteiger charge is -2.07. The molecule has 0 aliphatic rings. The van der Waals surface area contributed by atoms with Crippen molar-refractivity contribution in [3.05, 3.63) is 30.0 Å². The van der Waals surface area contributed by atoms with Gasteiger partial charge in [0, 0.05) is 12.1 Å². The molecule has 0 saturated carbocycles. The van der Waals surface area contributed by atoms with Gasteiger partial charge in [-0.25, -0.2) is 4.98 Å². The second-order valence-electron chi connectivity index (χ2n) is 3.71. The largest absolute Gasteiger partial charge is 0.481 e. The van der Waals surface area contributed by atoms with Gasteiger partial charge < -0.3 is 10.1 Å². The molecular weight excluding hydrogens is 200 g/mol. The predicted molar refractivity (Wildman–Crippen MR) is 67.6 cm³/mol. The molecule has 1 aromatic rings. The summed E-state index contributed by atoms with van der Waals surface area (Å²) in [6, 6.07) is 6.12. The number of nitrogens with zero attached hydrogens (tertiary/aromatic N) is 1. The third-order valence-electron chi connectivity index (χ3n) is 2.23. The summed E-state index contributed by atoms with van der Waals surface area (Å²) in [5, 5.41) is 3.39. The van der Waals surface area contributed by atoms with Crippen LogP contribution in [0.1, 0.15) is 26.0 Å². The van der Waals surface area contributed by atoms with E-state index in [-0.39, 0.29) is 0 Å². The number of pyridine rings is 1. The van der Waals surface area contributed by atoms with E-state index in [0.717, 1.165) is 18.7 Å². The highest BCUT2D eigenvalue weighted by Gasteiger charge is 1.96. The van der Waals surface area contributed by atoms with Crippen LogP contribution in [0.15, 0.2) is 24.3 Å². The molecule has 0 aliphatic heterocycles.